The number of carbonyl (C=O) groups excluding carboxylic acids is 1. The van der Waals surface area contributed by atoms with Crippen molar-refractivity contribution < 1.29 is 4.79 Å². The van der Waals surface area contributed by atoms with Gasteiger partial charge in [-0.15, -0.1) is 0 Å². The summed E-state index contributed by atoms with van der Waals surface area (Å²) in [6, 6.07) is 0. The first kappa shape index (κ1) is 14.7. The van der Waals surface area contributed by atoms with E-state index in [1.807, 2.05) is 18.7 Å². The van der Waals surface area contributed by atoms with Gasteiger partial charge in [-0.05, 0) is 6.92 Å². The molecule has 0 saturated heterocycles. The van der Waals surface area contributed by atoms with E-state index in [0.717, 1.165) is 29.4 Å². The van der Waals surface area contributed by atoms with Gasteiger partial charge in [-0.25, -0.2) is 9.67 Å². The molecule has 1 atom stereocenters. The Kier molecular flexibility index (Phi) is 3.30. The first-order valence-electron chi connectivity index (χ1n) is 7.57. The van der Waals surface area contributed by atoms with Gasteiger partial charge < -0.3 is 5.32 Å². The number of hydrogen-bond acceptors (Lipinski definition) is 4. The zero-order valence-corrected chi connectivity index (χ0v) is 13.7. The third kappa shape index (κ3) is 2.20. The van der Waals surface area contributed by atoms with E-state index in [0.29, 0.717) is 6.42 Å². The fourth-order valence-electron chi connectivity index (χ4n) is 3.05. The van der Waals surface area contributed by atoms with Crippen LogP contribution < -0.4 is 5.32 Å². The number of rotatable bonds is 2. The highest BCUT2D eigenvalue weighted by Gasteiger charge is 2.38. The zero-order chi connectivity index (χ0) is 16.1. The molecule has 0 bridgehead atoms. The molecule has 3 rings (SSSR count). The maximum atomic E-state index is 12.1. The minimum atomic E-state index is -0.108. The first-order chi connectivity index (χ1) is 10.3. The van der Waals surface area contributed by atoms with Crippen molar-refractivity contribution in [3.05, 3.63) is 23.4 Å². The Bertz CT molecular complexity index is 721. The van der Waals surface area contributed by atoms with Crippen molar-refractivity contribution in [1.82, 2.24) is 24.5 Å². The number of nitrogens with one attached hydrogen (secondary N) is 1. The van der Waals surface area contributed by atoms with Gasteiger partial charge in [-0.3, -0.25) is 9.48 Å². The second-order valence-electron chi connectivity index (χ2n) is 6.72. The highest BCUT2D eigenvalue weighted by molar-refractivity contribution is 5.94. The minimum Gasteiger partial charge on any atom is -0.311 e. The SMILES string of the molecule is CCn1ncnc1C1CC(=O)Nc2c1c(C(C)(C)C)nn2C. The molecule has 0 aromatic carbocycles. The molecule has 118 valence electrons. The van der Waals surface area contributed by atoms with E-state index >= 15 is 0 Å². The average molecular weight is 302 g/mol. The Balaban J connectivity index is 2.22. The third-order valence-electron chi connectivity index (χ3n) is 4.05. The summed E-state index contributed by atoms with van der Waals surface area (Å²) in [4.78, 5) is 16.5. The van der Waals surface area contributed by atoms with E-state index in [1.165, 1.54) is 0 Å². The smallest absolute Gasteiger partial charge is 0.226 e. The van der Waals surface area contributed by atoms with Gasteiger partial charge in [0.25, 0.3) is 0 Å². The van der Waals surface area contributed by atoms with Crippen LogP contribution >= 0.6 is 0 Å². The van der Waals surface area contributed by atoms with Crippen LogP contribution in [0, 0.1) is 0 Å². The molecule has 3 heterocycles. The van der Waals surface area contributed by atoms with Gasteiger partial charge in [0.15, 0.2) is 0 Å². The van der Waals surface area contributed by atoms with Gasteiger partial charge >= 0.3 is 0 Å². The highest BCUT2D eigenvalue weighted by atomic mass is 16.1. The molecular formula is C15H22N6O. The van der Waals surface area contributed by atoms with E-state index < -0.39 is 0 Å². The summed E-state index contributed by atoms with van der Waals surface area (Å²) in [5.41, 5.74) is 1.96. The minimum absolute atomic E-state index is 0.00777. The summed E-state index contributed by atoms with van der Waals surface area (Å²) in [5.74, 6) is 1.50. The lowest BCUT2D eigenvalue weighted by Crippen LogP contribution is -2.28. The summed E-state index contributed by atoms with van der Waals surface area (Å²) >= 11 is 0. The second kappa shape index (κ2) is 4.93. The summed E-state index contributed by atoms with van der Waals surface area (Å²) in [6.45, 7) is 9.15. The molecule has 22 heavy (non-hydrogen) atoms. The van der Waals surface area contributed by atoms with Crippen LogP contribution in [0.25, 0.3) is 0 Å². The van der Waals surface area contributed by atoms with Crippen LogP contribution in [0.1, 0.15) is 57.1 Å². The number of aryl methyl sites for hydroxylation is 2. The lowest BCUT2D eigenvalue weighted by molar-refractivity contribution is -0.116. The number of hydrogen-bond donors (Lipinski definition) is 1. The monoisotopic (exact) mass is 302 g/mol. The van der Waals surface area contributed by atoms with Crippen LogP contribution in [-0.4, -0.2) is 30.5 Å². The molecule has 0 spiro atoms. The Labute approximate surface area is 129 Å². The highest BCUT2D eigenvalue weighted by Crippen LogP contribution is 2.41. The fourth-order valence-corrected chi connectivity index (χ4v) is 3.05. The molecule has 2 aromatic rings. The summed E-state index contributed by atoms with van der Waals surface area (Å²) < 4.78 is 3.61. The van der Waals surface area contributed by atoms with Crippen molar-refractivity contribution in [3.63, 3.8) is 0 Å². The quantitative estimate of drug-likeness (QED) is 0.917. The van der Waals surface area contributed by atoms with Gasteiger partial charge in [-0.2, -0.15) is 10.2 Å². The molecule has 1 aliphatic heterocycles. The van der Waals surface area contributed by atoms with Crippen LogP contribution in [0.4, 0.5) is 5.82 Å². The van der Waals surface area contributed by atoms with E-state index in [1.54, 1.807) is 11.0 Å². The number of carbonyl (C=O) groups is 1. The number of amides is 1. The summed E-state index contributed by atoms with van der Waals surface area (Å²) in [6.07, 6.45) is 1.93. The molecule has 0 saturated carbocycles. The average Bonchev–Trinajstić information content (AvgIpc) is 3.02. The molecule has 7 nitrogen and oxygen atoms in total. The van der Waals surface area contributed by atoms with Gasteiger partial charge in [0.05, 0.1) is 11.6 Å². The molecule has 1 N–H and O–H groups in total. The van der Waals surface area contributed by atoms with Crippen LogP contribution in [0.5, 0.6) is 0 Å². The fraction of sp³-hybridized carbons (Fsp3) is 0.600. The number of aromatic nitrogens is 5. The van der Waals surface area contributed by atoms with Crippen molar-refractivity contribution in [2.45, 2.75) is 52.0 Å². The van der Waals surface area contributed by atoms with Crippen LogP contribution in [0.15, 0.2) is 6.33 Å². The van der Waals surface area contributed by atoms with Gasteiger partial charge in [-0.1, -0.05) is 20.8 Å². The zero-order valence-electron chi connectivity index (χ0n) is 13.7. The number of anilines is 1. The summed E-state index contributed by atoms with van der Waals surface area (Å²) in [5, 5.41) is 11.9. The van der Waals surface area contributed by atoms with Crippen molar-refractivity contribution in [2.75, 3.05) is 5.32 Å². The first-order valence-corrected chi connectivity index (χ1v) is 7.57. The van der Waals surface area contributed by atoms with Gasteiger partial charge in [0.2, 0.25) is 5.91 Å². The van der Waals surface area contributed by atoms with Crippen molar-refractivity contribution >= 4 is 11.7 Å². The number of nitrogens with zero attached hydrogens (tertiary/aromatic N) is 5. The van der Waals surface area contributed by atoms with Crippen molar-refractivity contribution in [1.29, 1.82) is 0 Å². The Morgan fingerprint density at radius 2 is 2.14 bits per heavy atom. The Morgan fingerprint density at radius 3 is 2.77 bits per heavy atom. The predicted molar refractivity (Wildman–Crippen MR) is 82.7 cm³/mol. The lowest BCUT2D eigenvalue weighted by Gasteiger charge is -2.26. The molecule has 1 aliphatic rings. The van der Waals surface area contributed by atoms with Crippen molar-refractivity contribution in [2.24, 2.45) is 7.05 Å². The second-order valence-corrected chi connectivity index (χ2v) is 6.72. The van der Waals surface area contributed by atoms with Crippen LogP contribution in [0.3, 0.4) is 0 Å². The van der Waals surface area contributed by atoms with E-state index in [4.69, 9.17) is 0 Å². The molecule has 0 fully saturated rings. The third-order valence-corrected chi connectivity index (χ3v) is 4.05. The number of fused-ring (bicyclic) bond motifs is 1. The largest absolute Gasteiger partial charge is 0.311 e. The Hall–Kier alpha value is -2.18. The van der Waals surface area contributed by atoms with Crippen LogP contribution in [0.2, 0.25) is 0 Å². The van der Waals surface area contributed by atoms with Crippen molar-refractivity contribution in [3.8, 4) is 0 Å². The summed E-state index contributed by atoms with van der Waals surface area (Å²) in [7, 11) is 1.86. The molecule has 1 amide bonds. The van der Waals surface area contributed by atoms with Gasteiger partial charge in [0.1, 0.15) is 18.0 Å². The molecule has 7 heteroatoms. The molecule has 1 unspecified atom stereocenters. The maximum Gasteiger partial charge on any atom is 0.226 e. The molecule has 2 aromatic heterocycles. The topological polar surface area (TPSA) is 77.6 Å². The normalized spacial score (nSPS) is 18.2. The van der Waals surface area contributed by atoms with Gasteiger partial charge in [0, 0.05) is 31.0 Å². The standard InChI is InChI=1S/C15H22N6O/c1-6-21-13(16-8-17-21)9-7-10(22)18-14-11(9)12(15(2,3)4)19-20(14)5/h8-9H,6-7H2,1-5H3,(H,18,22). The lowest BCUT2D eigenvalue weighted by atomic mass is 9.82. The molecular weight excluding hydrogens is 280 g/mol. The predicted octanol–water partition coefficient (Wildman–Crippen LogP) is 1.80. The Morgan fingerprint density at radius 1 is 1.41 bits per heavy atom. The van der Waals surface area contributed by atoms with E-state index in [9.17, 15) is 4.79 Å². The van der Waals surface area contributed by atoms with E-state index in [-0.39, 0.29) is 17.2 Å². The maximum absolute atomic E-state index is 12.1. The van der Waals surface area contributed by atoms with Crippen LogP contribution in [-0.2, 0) is 23.8 Å². The molecule has 0 radical (unpaired) electrons. The van der Waals surface area contributed by atoms with E-state index in [2.05, 4.69) is 41.3 Å². The molecule has 0 aliphatic carbocycles.